The smallest absolute Gasteiger partial charge is 0.0802 e. The molecule has 1 rings (SSSR count). The molecule has 0 aromatic heterocycles. The quantitative estimate of drug-likeness (QED) is 0.823. The lowest BCUT2D eigenvalue weighted by atomic mass is 10.1. The second kappa shape index (κ2) is 7.74. The third-order valence-electron chi connectivity index (χ3n) is 2.95. The molecule has 0 aliphatic carbocycles. The van der Waals surface area contributed by atoms with Crippen molar-refractivity contribution in [3.63, 3.8) is 0 Å². The van der Waals surface area contributed by atoms with Crippen molar-refractivity contribution in [2.24, 2.45) is 0 Å². The molecule has 18 heavy (non-hydrogen) atoms. The van der Waals surface area contributed by atoms with Crippen LogP contribution < -0.4 is 0 Å². The molecule has 0 radical (unpaired) electrons. The molecule has 1 atom stereocenters. The van der Waals surface area contributed by atoms with E-state index in [4.69, 9.17) is 11.6 Å². The van der Waals surface area contributed by atoms with Crippen LogP contribution in [0, 0.1) is 0 Å². The number of rotatable bonds is 7. The Balaban J connectivity index is 2.34. The summed E-state index contributed by atoms with van der Waals surface area (Å²) in [6.07, 6.45) is 0.287. The molecular formula is C14H23ClN2O. The number of halogens is 1. The Labute approximate surface area is 115 Å². The maximum absolute atomic E-state index is 10.1. The van der Waals surface area contributed by atoms with Crippen molar-refractivity contribution in [1.82, 2.24) is 9.80 Å². The molecule has 0 amide bonds. The van der Waals surface area contributed by atoms with Gasteiger partial charge in [-0.2, -0.15) is 0 Å². The zero-order chi connectivity index (χ0) is 13.5. The summed E-state index contributed by atoms with van der Waals surface area (Å²) in [5, 5.41) is 10.7. The molecule has 0 bridgehead atoms. The lowest BCUT2D eigenvalue weighted by molar-refractivity contribution is 0.147. The molecule has 1 aromatic rings. The molecule has 1 aromatic carbocycles. The van der Waals surface area contributed by atoms with Crippen molar-refractivity contribution in [3.05, 3.63) is 34.9 Å². The minimum Gasteiger partial charge on any atom is -0.388 e. The van der Waals surface area contributed by atoms with Crippen molar-refractivity contribution in [1.29, 1.82) is 0 Å². The Kier molecular flexibility index (Phi) is 6.65. The van der Waals surface area contributed by atoms with Gasteiger partial charge in [0.15, 0.2) is 0 Å². The third-order valence-corrected chi connectivity index (χ3v) is 3.18. The standard InChI is InChI=1S/C14H23ClN2O/c1-16(2)9-10-17(3)8-7-14(18)12-5-4-6-13(15)11-12/h4-6,11,14,18H,7-10H2,1-3H3. The third kappa shape index (κ3) is 5.83. The Bertz CT molecular complexity index is 357. The number of benzene rings is 1. The van der Waals surface area contributed by atoms with Crippen LogP contribution in [-0.2, 0) is 0 Å². The van der Waals surface area contributed by atoms with E-state index in [1.54, 1.807) is 0 Å². The average Bonchev–Trinajstić information content (AvgIpc) is 2.33. The molecule has 0 aliphatic rings. The maximum Gasteiger partial charge on any atom is 0.0802 e. The van der Waals surface area contributed by atoms with Gasteiger partial charge >= 0.3 is 0 Å². The number of hydrogen-bond donors (Lipinski definition) is 1. The first-order valence-corrected chi connectivity index (χ1v) is 6.63. The minimum absolute atomic E-state index is 0.439. The van der Waals surface area contributed by atoms with Crippen LogP contribution >= 0.6 is 11.6 Å². The largest absolute Gasteiger partial charge is 0.388 e. The summed E-state index contributed by atoms with van der Waals surface area (Å²) in [6, 6.07) is 7.43. The summed E-state index contributed by atoms with van der Waals surface area (Å²) in [7, 11) is 6.21. The molecule has 0 fully saturated rings. The van der Waals surface area contributed by atoms with E-state index in [9.17, 15) is 5.11 Å². The Morgan fingerprint density at radius 1 is 1.17 bits per heavy atom. The second-order valence-electron chi connectivity index (χ2n) is 4.97. The number of likely N-dealkylation sites (N-methyl/N-ethyl adjacent to an activating group) is 2. The van der Waals surface area contributed by atoms with Crippen LogP contribution in [0.4, 0.5) is 0 Å². The molecule has 0 saturated heterocycles. The zero-order valence-corrected chi connectivity index (χ0v) is 12.2. The van der Waals surface area contributed by atoms with Crippen LogP contribution in [0.2, 0.25) is 5.02 Å². The second-order valence-corrected chi connectivity index (χ2v) is 5.40. The minimum atomic E-state index is -0.439. The van der Waals surface area contributed by atoms with Gasteiger partial charge in [-0.3, -0.25) is 0 Å². The van der Waals surface area contributed by atoms with Gasteiger partial charge in [0.1, 0.15) is 0 Å². The lowest BCUT2D eigenvalue weighted by Crippen LogP contribution is -2.30. The van der Waals surface area contributed by atoms with Gasteiger partial charge < -0.3 is 14.9 Å². The van der Waals surface area contributed by atoms with Gasteiger partial charge in [0, 0.05) is 24.7 Å². The highest BCUT2D eigenvalue weighted by Gasteiger charge is 2.09. The highest BCUT2D eigenvalue weighted by molar-refractivity contribution is 6.30. The molecule has 0 spiro atoms. The van der Waals surface area contributed by atoms with E-state index in [2.05, 4.69) is 30.9 Å². The number of aliphatic hydroxyl groups excluding tert-OH is 1. The Hall–Kier alpha value is -0.610. The Morgan fingerprint density at radius 3 is 2.50 bits per heavy atom. The fourth-order valence-corrected chi connectivity index (χ4v) is 1.90. The van der Waals surface area contributed by atoms with Gasteiger partial charge in [-0.25, -0.2) is 0 Å². The van der Waals surface area contributed by atoms with E-state index in [1.807, 2.05) is 24.3 Å². The van der Waals surface area contributed by atoms with Crippen LogP contribution in [0.15, 0.2) is 24.3 Å². The molecule has 0 aliphatic heterocycles. The van der Waals surface area contributed by atoms with E-state index in [0.717, 1.165) is 31.6 Å². The molecule has 0 saturated carbocycles. The summed E-state index contributed by atoms with van der Waals surface area (Å²) >= 11 is 5.91. The van der Waals surface area contributed by atoms with Gasteiger partial charge in [-0.1, -0.05) is 23.7 Å². The summed E-state index contributed by atoms with van der Waals surface area (Å²) in [5.41, 5.74) is 0.892. The highest BCUT2D eigenvalue weighted by Crippen LogP contribution is 2.20. The first kappa shape index (κ1) is 15.4. The number of hydrogen-bond acceptors (Lipinski definition) is 3. The SMILES string of the molecule is CN(C)CCN(C)CCC(O)c1cccc(Cl)c1. The fraction of sp³-hybridized carbons (Fsp3) is 0.571. The maximum atomic E-state index is 10.1. The number of aliphatic hydroxyl groups is 1. The molecule has 102 valence electrons. The van der Waals surface area contributed by atoms with Gasteiger partial charge in [0.05, 0.1) is 6.10 Å². The molecule has 1 unspecified atom stereocenters. The fourth-order valence-electron chi connectivity index (χ4n) is 1.71. The predicted octanol–water partition coefficient (Wildman–Crippen LogP) is 2.26. The van der Waals surface area contributed by atoms with Crippen molar-refractivity contribution in [3.8, 4) is 0 Å². The summed E-state index contributed by atoms with van der Waals surface area (Å²) < 4.78 is 0. The van der Waals surface area contributed by atoms with Gasteiger partial charge in [-0.05, 0) is 45.3 Å². The summed E-state index contributed by atoms with van der Waals surface area (Å²) in [4.78, 5) is 4.39. The topological polar surface area (TPSA) is 26.7 Å². The lowest BCUT2D eigenvalue weighted by Gasteiger charge is -2.21. The Morgan fingerprint density at radius 2 is 1.89 bits per heavy atom. The van der Waals surface area contributed by atoms with Crippen molar-refractivity contribution in [2.75, 3.05) is 40.8 Å². The van der Waals surface area contributed by atoms with Crippen LogP contribution in [-0.4, -0.2) is 55.7 Å². The van der Waals surface area contributed by atoms with Crippen LogP contribution in [0.25, 0.3) is 0 Å². The van der Waals surface area contributed by atoms with E-state index in [0.29, 0.717) is 5.02 Å². The zero-order valence-electron chi connectivity index (χ0n) is 11.4. The van der Waals surface area contributed by atoms with Crippen molar-refractivity contribution >= 4 is 11.6 Å². The van der Waals surface area contributed by atoms with E-state index < -0.39 is 6.10 Å². The van der Waals surface area contributed by atoms with E-state index >= 15 is 0 Å². The van der Waals surface area contributed by atoms with Crippen LogP contribution in [0.5, 0.6) is 0 Å². The van der Waals surface area contributed by atoms with Gasteiger partial charge in [-0.15, -0.1) is 0 Å². The summed E-state index contributed by atoms with van der Waals surface area (Å²) in [6.45, 7) is 2.92. The highest BCUT2D eigenvalue weighted by atomic mass is 35.5. The van der Waals surface area contributed by atoms with Gasteiger partial charge in [0.2, 0.25) is 0 Å². The monoisotopic (exact) mass is 270 g/mol. The van der Waals surface area contributed by atoms with Crippen molar-refractivity contribution in [2.45, 2.75) is 12.5 Å². The van der Waals surface area contributed by atoms with Crippen molar-refractivity contribution < 1.29 is 5.11 Å². The molecular weight excluding hydrogens is 248 g/mol. The average molecular weight is 271 g/mol. The number of nitrogens with zero attached hydrogens (tertiary/aromatic N) is 2. The summed E-state index contributed by atoms with van der Waals surface area (Å²) in [5.74, 6) is 0. The first-order valence-electron chi connectivity index (χ1n) is 6.26. The van der Waals surface area contributed by atoms with Gasteiger partial charge in [0.25, 0.3) is 0 Å². The first-order chi connectivity index (χ1) is 8.49. The van der Waals surface area contributed by atoms with Crippen LogP contribution in [0.3, 0.4) is 0 Å². The predicted molar refractivity (Wildman–Crippen MR) is 77.1 cm³/mol. The molecule has 3 nitrogen and oxygen atoms in total. The van der Waals surface area contributed by atoms with Crippen LogP contribution in [0.1, 0.15) is 18.1 Å². The van der Waals surface area contributed by atoms with E-state index in [1.165, 1.54) is 0 Å². The molecule has 4 heteroatoms. The normalized spacial score (nSPS) is 13.3. The molecule has 1 N–H and O–H groups in total. The molecule has 0 heterocycles. The van der Waals surface area contributed by atoms with E-state index in [-0.39, 0.29) is 0 Å².